The molecule has 4 fully saturated rings. The van der Waals surface area contributed by atoms with Crippen molar-refractivity contribution in [2.75, 3.05) is 0 Å². The highest BCUT2D eigenvalue weighted by molar-refractivity contribution is 5.28. The molecule has 6 nitrogen and oxygen atoms in total. The third-order valence-electron chi connectivity index (χ3n) is 10.9. The molecule has 4 N–H and O–H groups in total. The second-order valence-corrected chi connectivity index (χ2v) is 12.4. The van der Waals surface area contributed by atoms with Gasteiger partial charge in [0.1, 0.15) is 6.10 Å². The lowest BCUT2D eigenvalue weighted by Gasteiger charge is -2.61. The van der Waals surface area contributed by atoms with E-state index in [2.05, 4.69) is 26.8 Å². The van der Waals surface area contributed by atoms with Crippen molar-refractivity contribution >= 4 is 0 Å². The van der Waals surface area contributed by atoms with Crippen LogP contribution in [-0.2, 0) is 9.47 Å². The van der Waals surface area contributed by atoms with E-state index < -0.39 is 30.2 Å². The average molecular weight is 465 g/mol. The standard InChI is InChI=1S/C27H44O6/c1-15(32-23-14-22(29)24(30)16(2)33-23)19-9-12-27(31)21-6-5-17-13-18(28)7-10-25(17,3)20(21)8-11-26(19,27)4/h5,15-16,18-24,28-31H,6-14H2,1-4H3/t15?,16-,18?,19-,20?,21?,22-,23+,24-,25+,26-,27+/m1/s1. The molecule has 4 aliphatic carbocycles. The first-order valence-electron chi connectivity index (χ1n) is 13.3. The zero-order valence-corrected chi connectivity index (χ0v) is 20.7. The van der Waals surface area contributed by atoms with E-state index in [9.17, 15) is 20.4 Å². The predicted octanol–water partition coefficient (Wildman–Crippen LogP) is 3.30. The van der Waals surface area contributed by atoms with Crippen LogP contribution >= 0.6 is 0 Å². The largest absolute Gasteiger partial charge is 0.393 e. The molecular weight excluding hydrogens is 420 g/mol. The summed E-state index contributed by atoms with van der Waals surface area (Å²) in [6.07, 6.45) is 7.00. The van der Waals surface area contributed by atoms with Crippen molar-refractivity contribution < 1.29 is 29.9 Å². The molecule has 4 unspecified atom stereocenters. The summed E-state index contributed by atoms with van der Waals surface area (Å²) in [6.45, 7) is 8.51. The van der Waals surface area contributed by atoms with Crippen molar-refractivity contribution in [2.24, 2.45) is 28.6 Å². The van der Waals surface area contributed by atoms with Gasteiger partial charge in [-0.2, -0.15) is 0 Å². The molecule has 0 aromatic heterocycles. The zero-order valence-electron chi connectivity index (χ0n) is 20.7. The molecule has 0 aromatic carbocycles. The molecule has 5 rings (SSSR count). The Morgan fingerprint density at radius 3 is 2.55 bits per heavy atom. The number of aliphatic hydroxyl groups excluding tert-OH is 3. The molecule has 0 bridgehead atoms. The highest BCUT2D eigenvalue weighted by atomic mass is 16.7. The van der Waals surface area contributed by atoms with Gasteiger partial charge < -0.3 is 29.9 Å². The Morgan fingerprint density at radius 2 is 1.82 bits per heavy atom. The Bertz CT molecular complexity index is 773. The maximum absolute atomic E-state index is 12.3. The van der Waals surface area contributed by atoms with Crippen LogP contribution in [0.4, 0.5) is 0 Å². The van der Waals surface area contributed by atoms with E-state index >= 15 is 0 Å². The molecule has 1 aliphatic heterocycles. The molecule has 1 heterocycles. The topological polar surface area (TPSA) is 99.4 Å². The first-order valence-corrected chi connectivity index (χ1v) is 13.3. The zero-order chi connectivity index (χ0) is 23.8. The van der Waals surface area contributed by atoms with Gasteiger partial charge in [0, 0.05) is 11.8 Å². The van der Waals surface area contributed by atoms with Crippen molar-refractivity contribution in [1.82, 2.24) is 0 Å². The van der Waals surface area contributed by atoms with E-state index in [4.69, 9.17) is 9.47 Å². The Morgan fingerprint density at radius 1 is 1.06 bits per heavy atom. The van der Waals surface area contributed by atoms with Gasteiger partial charge in [0.25, 0.3) is 0 Å². The predicted molar refractivity (Wildman–Crippen MR) is 124 cm³/mol. The molecule has 0 spiro atoms. The van der Waals surface area contributed by atoms with Crippen molar-refractivity contribution in [2.45, 2.75) is 128 Å². The molecule has 12 atom stereocenters. The van der Waals surface area contributed by atoms with E-state index in [1.165, 1.54) is 5.57 Å². The van der Waals surface area contributed by atoms with Crippen LogP contribution in [0.5, 0.6) is 0 Å². The summed E-state index contributed by atoms with van der Waals surface area (Å²) in [7, 11) is 0. The number of ether oxygens (including phenoxy) is 2. The molecule has 5 aliphatic rings. The lowest BCUT2D eigenvalue weighted by Crippen LogP contribution is -2.61. The van der Waals surface area contributed by atoms with Crippen LogP contribution in [0.3, 0.4) is 0 Å². The monoisotopic (exact) mass is 464 g/mol. The molecule has 6 heteroatoms. The number of allylic oxidation sites excluding steroid dienone is 1. The summed E-state index contributed by atoms with van der Waals surface area (Å²) in [4.78, 5) is 0. The minimum atomic E-state index is -0.879. The fraction of sp³-hybridized carbons (Fsp3) is 0.926. The summed E-state index contributed by atoms with van der Waals surface area (Å²) in [6, 6.07) is 0. The van der Waals surface area contributed by atoms with Crippen molar-refractivity contribution in [3.05, 3.63) is 11.6 Å². The molecule has 0 aromatic rings. The van der Waals surface area contributed by atoms with Crippen LogP contribution < -0.4 is 0 Å². The van der Waals surface area contributed by atoms with Gasteiger partial charge >= 0.3 is 0 Å². The molecule has 33 heavy (non-hydrogen) atoms. The fourth-order valence-electron chi connectivity index (χ4n) is 8.85. The fourth-order valence-corrected chi connectivity index (χ4v) is 8.85. The Balaban J connectivity index is 1.34. The van der Waals surface area contributed by atoms with Crippen molar-refractivity contribution in [3.63, 3.8) is 0 Å². The van der Waals surface area contributed by atoms with Gasteiger partial charge in [-0.25, -0.2) is 0 Å². The summed E-state index contributed by atoms with van der Waals surface area (Å²) in [5.41, 5.74) is 0.588. The smallest absolute Gasteiger partial charge is 0.161 e. The number of hydrogen-bond acceptors (Lipinski definition) is 6. The summed E-state index contributed by atoms with van der Waals surface area (Å²) in [5.74, 6) is 0.940. The van der Waals surface area contributed by atoms with E-state index in [0.717, 1.165) is 51.4 Å². The minimum absolute atomic E-state index is 0.0997. The van der Waals surface area contributed by atoms with E-state index in [1.807, 2.05) is 0 Å². The van der Waals surface area contributed by atoms with Gasteiger partial charge in [0.05, 0.1) is 30.0 Å². The SMILES string of the molecule is CC(O[C@@H]1C[C@@H](O)[C@H](O)[C@@H](C)O1)[C@H]1CC[C@]2(O)C3CC=C4CC(O)CC[C@]4(C)C3CC[C@]12C. The Kier molecular flexibility index (Phi) is 6.07. The summed E-state index contributed by atoms with van der Waals surface area (Å²) in [5, 5.41) is 42.7. The van der Waals surface area contributed by atoms with Crippen LogP contribution in [0.25, 0.3) is 0 Å². The van der Waals surface area contributed by atoms with Gasteiger partial charge in [-0.1, -0.05) is 25.5 Å². The molecule has 188 valence electrons. The van der Waals surface area contributed by atoms with Gasteiger partial charge in [-0.15, -0.1) is 0 Å². The van der Waals surface area contributed by atoms with Crippen LogP contribution in [0, 0.1) is 28.6 Å². The maximum Gasteiger partial charge on any atom is 0.161 e. The first-order chi connectivity index (χ1) is 15.5. The van der Waals surface area contributed by atoms with Crippen LogP contribution in [0.15, 0.2) is 11.6 Å². The average Bonchev–Trinajstić information content (AvgIpc) is 3.04. The van der Waals surface area contributed by atoms with E-state index in [1.54, 1.807) is 6.92 Å². The highest BCUT2D eigenvalue weighted by Crippen LogP contribution is 2.68. The lowest BCUT2D eigenvalue weighted by molar-refractivity contribution is -0.270. The second kappa shape index (κ2) is 8.28. The van der Waals surface area contributed by atoms with E-state index in [0.29, 0.717) is 5.92 Å². The Labute approximate surface area is 198 Å². The second-order valence-electron chi connectivity index (χ2n) is 12.4. The quantitative estimate of drug-likeness (QED) is 0.479. The number of fused-ring (bicyclic) bond motifs is 5. The molecular formula is C27H44O6. The third kappa shape index (κ3) is 3.58. The highest BCUT2D eigenvalue weighted by Gasteiger charge is 2.67. The summed E-state index contributed by atoms with van der Waals surface area (Å²) < 4.78 is 12.2. The van der Waals surface area contributed by atoms with Gasteiger partial charge in [-0.05, 0) is 88.4 Å². The van der Waals surface area contributed by atoms with Gasteiger partial charge in [0.2, 0.25) is 0 Å². The van der Waals surface area contributed by atoms with Crippen molar-refractivity contribution in [1.29, 1.82) is 0 Å². The number of hydrogen-bond donors (Lipinski definition) is 4. The maximum atomic E-state index is 12.3. The first kappa shape index (κ1) is 24.2. The molecule has 3 saturated carbocycles. The van der Waals surface area contributed by atoms with Crippen molar-refractivity contribution in [3.8, 4) is 0 Å². The van der Waals surface area contributed by atoms with E-state index in [-0.39, 0.29) is 41.3 Å². The third-order valence-corrected chi connectivity index (χ3v) is 10.9. The van der Waals surface area contributed by atoms with Crippen LogP contribution in [0.1, 0.15) is 85.5 Å². The lowest BCUT2D eigenvalue weighted by atomic mass is 9.45. The summed E-state index contributed by atoms with van der Waals surface area (Å²) >= 11 is 0. The Hall–Kier alpha value is -0.500. The molecule has 0 radical (unpaired) electrons. The normalized spacial score (nSPS) is 55.2. The van der Waals surface area contributed by atoms with Gasteiger partial charge in [0.15, 0.2) is 6.29 Å². The molecule has 0 amide bonds. The van der Waals surface area contributed by atoms with Crippen LogP contribution in [0.2, 0.25) is 0 Å². The number of aliphatic hydroxyl groups is 4. The van der Waals surface area contributed by atoms with Gasteiger partial charge in [-0.3, -0.25) is 0 Å². The molecule has 1 saturated heterocycles. The minimum Gasteiger partial charge on any atom is -0.393 e. The number of rotatable bonds is 3. The van der Waals surface area contributed by atoms with Crippen LogP contribution in [-0.4, -0.2) is 62.8 Å².